The van der Waals surface area contributed by atoms with Crippen LogP contribution in [0.3, 0.4) is 0 Å². The highest BCUT2D eigenvalue weighted by Gasteiger charge is 2.52. The van der Waals surface area contributed by atoms with E-state index in [9.17, 15) is 9.59 Å². The summed E-state index contributed by atoms with van der Waals surface area (Å²) >= 11 is 0. The van der Waals surface area contributed by atoms with E-state index in [0.717, 1.165) is 5.56 Å². The average Bonchev–Trinajstić information content (AvgIpc) is 2.83. The largest absolute Gasteiger partial charge is 0.467 e. The molecule has 1 aromatic rings. The fraction of sp³-hybridized carbons (Fsp3) is 0.467. The normalized spacial score (nSPS) is 27.8. The van der Waals surface area contributed by atoms with Gasteiger partial charge >= 0.3 is 5.97 Å². The van der Waals surface area contributed by atoms with Crippen molar-refractivity contribution < 1.29 is 23.8 Å². The molecule has 1 aromatic carbocycles. The van der Waals surface area contributed by atoms with Gasteiger partial charge in [0.25, 0.3) is 0 Å². The number of carbonyl (C=O) groups is 2. The van der Waals surface area contributed by atoms with Crippen molar-refractivity contribution >= 4 is 11.9 Å². The molecule has 0 spiro atoms. The van der Waals surface area contributed by atoms with Crippen molar-refractivity contribution in [2.24, 2.45) is 0 Å². The number of morpholine rings is 1. The summed E-state index contributed by atoms with van der Waals surface area (Å²) in [7, 11) is 1.31. The number of benzene rings is 1. The lowest BCUT2D eigenvalue weighted by atomic mass is 10.1. The average molecular weight is 291 g/mol. The van der Waals surface area contributed by atoms with E-state index in [0.29, 0.717) is 13.2 Å². The molecule has 0 aromatic heterocycles. The Morgan fingerprint density at radius 3 is 2.86 bits per heavy atom. The van der Waals surface area contributed by atoms with Gasteiger partial charge in [-0.25, -0.2) is 4.79 Å². The minimum absolute atomic E-state index is 0.0106. The van der Waals surface area contributed by atoms with Gasteiger partial charge in [0, 0.05) is 0 Å². The second kappa shape index (κ2) is 5.83. The van der Waals surface area contributed by atoms with Crippen LogP contribution in [0.25, 0.3) is 0 Å². The Hall–Kier alpha value is -1.92. The van der Waals surface area contributed by atoms with E-state index in [-0.39, 0.29) is 18.6 Å². The van der Waals surface area contributed by atoms with Gasteiger partial charge in [0.1, 0.15) is 18.8 Å². The van der Waals surface area contributed by atoms with Gasteiger partial charge in [-0.05, 0) is 5.56 Å². The molecular weight excluding hydrogens is 274 g/mol. The number of esters is 1. The van der Waals surface area contributed by atoms with Crippen molar-refractivity contribution in [3.8, 4) is 0 Å². The van der Waals surface area contributed by atoms with E-state index < -0.39 is 18.1 Å². The third kappa shape index (κ3) is 2.64. The number of fused-ring (bicyclic) bond motifs is 2. The summed E-state index contributed by atoms with van der Waals surface area (Å²) in [5.74, 6) is -0.665. The van der Waals surface area contributed by atoms with Gasteiger partial charge in [0.15, 0.2) is 6.04 Å². The molecule has 112 valence electrons. The molecule has 0 N–H and O–H groups in total. The second-order valence-electron chi connectivity index (χ2n) is 5.12. The van der Waals surface area contributed by atoms with Crippen LogP contribution in [0, 0.1) is 0 Å². The Morgan fingerprint density at radius 2 is 2.14 bits per heavy atom. The van der Waals surface area contributed by atoms with Crippen molar-refractivity contribution in [2.75, 3.05) is 20.3 Å². The highest BCUT2D eigenvalue weighted by molar-refractivity contribution is 5.87. The van der Waals surface area contributed by atoms with Crippen LogP contribution >= 0.6 is 0 Å². The highest BCUT2D eigenvalue weighted by atomic mass is 16.6. The number of amides is 1. The Kier molecular flexibility index (Phi) is 3.90. The Balaban J connectivity index is 1.75. The van der Waals surface area contributed by atoms with Crippen LogP contribution in [0.15, 0.2) is 30.3 Å². The summed E-state index contributed by atoms with van der Waals surface area (Å²) in [4.78, 5) is 25.3. The molecule has 3 atom stereocenters. The van der Waals surface area contributed by atoms with E-state index >= 15 is 0 Å². The summed E-state index contributed by atoms with van der Waals surface area (Å²) in [6.07, 6.45) is -0.778. The fourth-order valence-electron chi connectivity index (χ4n) is 2.80. The Bertz CT molecular complexity index is 532. The zero-order valence-electron chi connectivity index (χ0n) is 11.7. The molecular formula is C15H17NO5. The van der Waals surface area contributed by atoms with Crippen LogP contribution in [0.4, 0.5) is 0 Å². The Morgan fingerprint density at radius 1 is 1.38 bits per heavy atom. The van der Waals surface area contributed by atoms with Crippen LogP contribution in [0.1, 0.15) is 5.56 Å². The maximum absolute atomic E-state index is 12.0. The lowest BCUT2D eigenvalue weighted by Crippen LogP contribution is -2.46. The SMILES string of the molecule is COC(=O)[C@H]1[C@H](OCc2ccccc2)[C@@H]2CN1C(=O)CO2. The van der Waals surface area contributed by atoms with Gasteiger partial charge in [-0.1, -0.05) is 30.3 Å². The summed E-state index contributed by atoms with van der Waals surface area (Å²) in [6, 6.07) is 8.94. The topological polar surface area (TPSA) is 65.1 Å². The summed E-state index contributed by atoms with van der Waals surface area (Å²) in [5.41, 5.74) is 1.00. The molecule has 2 bridgehead atoms. The first-order chi connectivity index (χ1) is 10.2. The van der Waals surface area contributed by atoms with Crippen LogP contribution in [0.5, 0.6) is 0 Å². The molecule has 2 aliphatic rings. The van der Waals surface area contributed by atoms with Crippen LogP contribution in [-0.2, 0) is 30.4 Å². The molecule has 21 heavy (non-hydrogen) atoms. The lowest BCUT2D eigenvalue weighted by Gasteiger charge is -2.24. The van der Waals surface area contributed by atoms with Crippen molar-refractivity contribution in [1.82, 2.24) is 4.90 Å². The van der Waals surface area contributed by atoms with Crippen molar-refractivity contribution in [3.63, 3.8) is 0 Å². The van der Waals surface area contributed by atoms with Crippen molar-refractivity contribution in [3.05, 3.63) is 35.9 Å². The number of methoxy groups -OCH3 is 1. The molecule has 6 heteroatoms. The molecule has 2 heterocycles. The highest BCUT2D eigenvalue weighted by Crippen LogP contribution is 2.29. The second-order valence-corrected chi connectivity index (χ2v) is 5.12. The summed E-state index contributed by atoms with van der Waals surface area (Å²) in [5, 5.41) is 0. The molecule has 0 saturated carbocycles. The maximum Gasteiger partial charge on any atom is 0.331 e. The maximum atomic E-state index is 12.0. The summed E-state index contributed by atoms with van der Waals surface area (Å²) < 4.78 is 16.2. The lowest BCUT2D eigenvalue weighted by molar-refractivity contribution is -0.155. The quantitative estimate of drug-likeness (QED) is 0.749. The molecule has 3 rings (SSSR count). The molecule has 0 aliphatic carbocycles. The van der Waals surface area contributed by atoms with Gasteiger partial charge < -0.3 is 19.1 Å². The third-order valence-electron chi connectivity index (χ3n) is 3.86. The standard InChI is InChI=1S/C15H17NO5/c1-19-15(18)13-14(11-7-16(13)12(17)9-20-11)21-8-10-5-3-2-4-6-10/h2-6,11,13-14H,7-9H2,1H3/t11-,13+,14+/m0/s1. The predicted molar refractivity (Wildman–Crippen MR) is 72.3 cm³/mol. The first-order valence-electron chi connectivity index (χ1n) is 6.85. The zero-order chi connectivity index (χ0) is 14.8. The Labute approximate surface area is 122 Å². The van der Waals surface area contributed by atoms with Gasteiger partial charge in [-0.2, -0.15) is 0 Å². The zero-order valence-corrected chi connectivity index (χ0v) is 11.7. The van der Waals surface area contributed by atoms with Gasteiger partial charge in [-0.3, -0.25) is 4.79 Å². The predicted octanol–water partition coefficient (Wildman–Crippen LogP) is 0.354. The number of ether oxygens (including phenoxy) is 3. The van der Waals surface area contributed by atoms with Gasteiger partial charge in [0.2, 0.25) is 5.91 Å². The number of rotatable bonds is 4. The van der Waals surface area contributed by atoms with Crippen LogP contribution < -0.4 is 0 Å². The smallest absolute Gasteiger partial charge is 0.331 e. The van der Waals surface area contributed by atoms with E-state index in [4.69, 9.17) is 14.2 Å². The molecule has 2 aliphatic heterocycles. The van der Waals surface area contributed by atoms with Crippen molar-refractivity contribution in [1.29, 1.82) is 0 Å². The number of nitrogens with zero attached hydrogens (tertiary/aromatic N) is 1. The molecule has 0 radical (unpaired) electrons. The third-order valence-corrected chi connectivity index (χ3v) is 3.86. The molecule has 2 fully saturated rings. The van der Waals surface area contributed by atoms with Crippen LogP contribution in [0.2, 0.25) is 0 Å². The first kappa shape index (κ1) is 14.0. The minimum atomic E-state index is -0.723. The van der Waals surface area contributed by atoms with E-state index in [2.05, 4.69) is 0 Å². The molecule has 0 unspecified atom stereocenters. The van der Waals surface area contributed by atoms with Gasteiger partial charge in [0.05, 0.1) is 20.3 Å². The van der Waals surface area contributed by atoms with Crippen molar-refractivity contribution in [2.45, 2.75) is 24.9 Å². The first-order valence-corrected chi connectivity index (χ1v) is 6.85. The number of hydrogen-bond acceptors (Lipinski definition) is 5. The number of carbonyl (C=O) groups excluding carboxylic acids is 2. The fourth-order valence-corrected chi connectivity index (χ4v) is 2.80. The van der Waals surface area contributed by atoms with Gasteiger partial charge in [-0.15, -0.1) is 0 Å². The molecule has 6 nitrogen and oxygen atoms in total. The monoisotopic (exact) mass is 291 g/mol. The number of hydrogen-bond donors (Lipinski definition) is 0. The summed E-state index contributed by atoms with van der Waals surface area (Å²) in [6.45, 7) is 0.725. The van der Waals surface area contributed by atoms with Crippen LogP contribution in [-0.4, -0.2) is 55.3 Å². The van der Waals surface area contributed by atoms with E-state index in [1.165, 1.54) is 12.0 Å². The minimum Gasteiger partial charge on any atom is -0.467 e. The molecule has 2 saturated heterocycles. The van der Waals surface area contributed by atoms with E-state index in [1.807, 2.05) is 30.3 Å². The van der Waals surface area contributed by atoms with E-state index in [1.54, 1.807) is 0 Å². The molecule has 1 amide bonds.